The molecule has 4 nitrogen and oxygen atoms in total. The van der Waals surface area contributed by atoms with Crippen LogP contribution in [-0.4, -0.2) is 35.4 Å². The summed E-state index contributed by atoms with van der Waals surface area (Å²) >= 11 is 0. The molecule has 0 aliphatic carbocycles. The van der Waals surface area contributed by atoms with Crippen LogP contribution in [0.1, 0.15) is 36.2 Å². The molecule has 0 amide bonds. The number of fused-ring (bicyclic) bond motifs is 1. The fourth-order valence-corrected chi connectivity index (χ4v) is 2.73. The first-order valence-corrected chi connectivity index (χ1v) is 7.20. The van der Waals surface area contributed by atoms with E-state index in [1.165, 1.54) is 19.3 Å². The highest BCUT2D eigenvalue weighted by molar-refractivity contribution is 5.97. The summed E-state index contributed by atoms with van der Waals surface area (Å²) in [4.78, 5) is 14.5. The van der Waals surface area contributed by atoms with Gasteiger partial charge in [0, 0.05) is 18.4 Å². The zero-order chi connectivity index (χ0) is 13.9. The van der Waals surface area contributed by atoms with Gasteiger partial charge in [0.2, 0.25) is 0 Å². The number of hydrogen-bond donors (Lipinski definition) is 1. The fourth-order valence-electron chi connectivity index (χ4n) is 2.73. The number of carbonyl (C=O) groups is 1. The van der Waals surface area contributed by atoms with E-state index in [0.717, 1.165) is 25.0 Å². The number of aromatic hydroxyl groups is 1. The minimum atomic E-state index is 0.0336. The number of furan rings is 1. The number of piperidine rings is 1. The summed E-state index contributed by atoms with van der Waals surface area (Å²) < 4.78 is 5.55. The van der Waals surface area contributed by atoms with Crippen LogP contribution in [0.15, 0.2) is 28.7 Å². The molecule has 0 radical (unpaired) electrons. The molecule has 0 spiro atoms. The largest absolute Gasteiger partial charge is 0.508 e. The number of benzene rings is 1. The van der Waals surface area contributed by atoms with Crippen LogP contribution in [0.2, 0.25) is 0 Å². The van der Waals surface area contributed by atoms with Gasteiger partial charge in [-0.05, 0) is 50.2 Å². The third-order valence-corrected chi connectivity index (χ3v) is 3.88. The Morgan fingerprint density at radius 2 is 2.00 bits per heavy atom. The zero-order valence-corrected chi connectivity index (χ0v) is 11.5. The molecule has 0 saturated carbocycles. The summed E-state index contributed by atoms with van der Waals surface area (Å²) in [5, 5.41) is 10.2. The van der Waals surface area contributed by atoms with Crippen molar-refractivity contribution in [3.8, 4) is 5.75 Å². The first-order valence-electron chi connectivity index (χ1n) is 7.20. The molecule has 2 aromatic rings. The Morgan fingerprint density at radius 3 is 2.80 bits per heavy atom. The second kappa shape index (κ2) is 5.67. The van der Waals surface area contributed by atoms with E-state index in [-0.39, 0.29) is 11.5 Å². The van der Waals surface area contributed by atoms with Crippen LogP contribution in [0.3, 0.4) is 0 Å². The lowest BCUT2D eigenvalue weighted by molar-refractivity contribution is 0.0934. The Labute approximate surface area is 118 Å². The van der Waals surface area contributed by atoms with Crippen molar-refractivity contribution < 1.29 is 14.3 Å². The van der Waals surface area contributed by atoms with E-state index in [9.17, 15) is 9.90 Å². The van der Waals surface area contributed by atoms with Crippen LogP contribution in [0, 0.1) is 0 Å². The van der Waals surface area contributed by atoms with E-state index < -0.39 is 0 Å². The number of phenols is 1. The van der Waals surface area contributed by atoms with E-state index >= 15 is 0 Å². The third kappa shape index (κ3) is 2.85. The Hall–Kier alpha value is -1.81. The minimum absolute atomic E-state index is 0.0336. The Morgan fingerprint density at radius 1 is 1.20 bits per heavy atom. The highest BCUT2D eigenvalue weighted by Crippen LogP contribution is 2.24. The van der Waals surface area contributed by atoms with Crippen molar-refractivity contribution >= 4 is 16.8 Å². The lowest BCUT2D eigenvalue weighted by Gasteiger charge is -2.25. The molecule has 2 heterocycles. The molecule has 1 N–H and O–H groups in total. The van der Waals surface area contributed by atoms with Crippen LogP contribution >= 0.6 is 0 Å². The molecule has 1 aromatic carbocycles. The Balaban J connectivity index is 1.65. The summed E-state index contributed by atoms with van der Waals surface area (Å²) in [6, 6.07) is 6.58. The smallest absolute Gasteiger partial charge is 0.199 e. The van der Waals surface area contributed by atoms with Gasteiger partial charge in [-0.2, -0.15) is 0 Å². The Bertz CT molecular complexity index is 611. The lowest BCUT2D eigenvalue weighted by atomic mass is 10.1. The highest BCUT2D eigenvalue weighted by Gasteiger charge is 2.15. The molecule has 1 saturated heterocycles. The van der Waals surface area contributed by atoms with Crippen LogP contribution in [0.4, 0.5) is 0 Å². The maximum atomic E-state index is 12.2. The van der Waals surface area contributed by atoms with Gasteiger partial charge >= 0.3 is 0 Å². The van der Waals surface area contributed by atoms with Crippen molar-refractivity contribution in [2.75, 3.05) is 19.6 Å². The topological polar surface area (TPSA) is 53.7 Å². The maximum absolute atomic E-state index is 12.2. The van der Waals surface area contributed by atoms with Gasteiger partial charge in [0.15, 0.2) is 11.5 Å². The normalized spacial score (nSPS) is 16.6. The Kier molecular flexibility index (Phi) is 3.74. The molecule has 4 heteroatoms. The standard InChI is InChI=1S/C16H19NO3/c18-13-4-5-15-12(10-13)11-16(20-15)14(19)6-9-17-7-2-1-3-8-17/h4-5,10-11,18H,1-3,6-9H2. The quantitative estimate of drug-likeness (QED) is 0.869. The summed E-state index contributed by atoms with van der Waals surface area (Å²) in [5.41, 5.74) is 0.643. The second-order valence-corrected chi connectivity index (χ2v) is 5.41. The molecule has 3 rings (SSSR count). The zero-order valence-electron chi connectivity index (χ0n) is 11.5. The SMILES string of the molecule is O=C(CCN1CCCCC1)c1cc2cc(O)ccc2o1. The second-order valence-electron chi connectivity index (χ2n) is 5.41. The summed E-state index contributed by atoms with van der Waals surface area (Å²) in [6.45, 7) is 3.00. The number of hydrogen-bond acceptors (Lipinski definition) is 4. The van der Waals surface area contributed by atoms with Gasteiger partial charge in [-0.1, -0.05) is 6.42 Å². The molecule has 1 fully saturated rings. The number of ketones is 1. The molecule has 0 atom stereocenters. The van der Waals surface area contributed by atoms with Crippen molar-refractivity contribution in [1.82, 2.24) is 4.90 Å². The number of likely N-dealkylation sites (tertiary alicyclic amines) is 1. The minimum Gasteiger partial charge on any atom is -0.508 e. The third-order valence-electron chi connectivity index (χ3n) is 3.88. The summed E-state index contributed by atoms with van der Waals surface area (Å²) in [6.07, 6.45) is 4.26. The number of rotatable bonds is 4. The van der Waals surface area contributed by atoms with Gasteiger partial charge in [-0.15, -0.1) is 0 Å². The van der Waals surface area contributed by atoms with Gasteiger partial charge in [0.1, 0.15) is 11.3 Å². The van der Waals surface area contributed by atoms with E-state index in [1.807, 2.05) is 0 Å². The number of nitrogens with zero attached hydrogens (tertiary/aromatic N) is 1. The molecule has 0 unspecified atom stereocenters. The first kappa shape index (κ1) is 13.2. The van der Waals surface area contributed by atoms with Gasteiger partial charge in [0.25, 0.3) is 0 Å². The number of phenolic OH excluding ortho intramolecular Hbond substituents is 1. The molecule has 1 aliphatic heterocycles. The molecule has 0 bridgehead atoms. The average molecular weight is 273 g/mol. The predicted molar refractivity (Wildman–Crippen MR) is 77.1 cm³/mol. The van der Waals surface area contributed by atoms with E-state index in [4.69, 9.17) is 4.42 Å². The molecule has 1 aliphatic rings. The molecular formula is C16H19NO3. The van der Waals surface area contributed by atoms with Crippen LogP contribution in [0.5, 0.6) is 5.75 Å². The van der Waals surface area contributed by atoms with Crippen molar-refractivity contribution in [1.29, 1.82) is 0 Å². The predicted octanol–water partition coefficient (Wildman–Crippen LogP) is 3.20. The van der Waals surface area contributed by atoms with Gasteiger partial charge in [-0.3, -0.25) is 4.79 Å². The monoisotopic (exact) mass is 273 g/mol. The molecular weight excluding hydrogens is 254 g/mol. The maximum Gasteiger partial charge on any atom is 0.199 e. The van der Waals surface area contributed by atoms with E-state index in [0.29, 0.717) is 17.8 Å². The van der Waals surface area contributed by atoms with Gasteiger partial charge in [-0.25, -0.2) is 0 Å². The number of Topliss-reactive ketones (excluding diaryl/α,β-unsaturated/α-hetero) is 1. The summed E-state index contributed by atoms with van der Waals surface area (Å²) in [5.74, 6) is 0.611. The van der Waals surface area contributed by atoms with Gasteiger partial charge < -0.3 is 14.4 Å². The van der Waals surface area contributed by atoms with Gasteiger partial charge in [0.05, 0.1) is 0 Å². The molecule has 106 valence electrons. The van der Waals surface area contributed by atoms with Crippen LogP contribution in [0.25, 0.3) is 11.0 Å². The van der Waals surface area contributed by atoms with Crippen molar-refractivity contribution in [2.24, 2.45) is 0 Å². The first-order chi connectivity index (χ1) is 9.72. The molecule has 1 aromatic heterocycles. The number of carbonyl (C=O) groups excluding carboxylic acids is 1. The fraction of sp³-hybridized carbons (Fsp3) is 0.438. The summed E-state index contributed by atoms with van der Waals surface area (Å²) in [7, 11) is 0. The van der Waals surface area contributed by atoms with Crippen molar-refractivity contribution in [2.45, 2.75) is 25.7 Å². The van der Waals surface area contributed by atoms with E-state index in [1.54, 1.807) is 24.3 Å². The van der Waals surface area contributed by atoms with E-state index in [2.05, 4.69) is 4.90 Å². The van der Waals surface area contributed by atoms with Crippen molar-refractivity contribution in [3.05, 3.63) is 30.0 Å². The van der Waals surface area contributed by atoms with Crippen molar-refractivity contribution in [3.63, 3.8) is 0 Å². The van der Waals surface area contributed by atoms with Crippen LogP contribution in [-0.2, 0) is 0 Å². The lowest BCUT2D eigenvalue weighted by Crippen LogP contribution is -2.31. The molecule has 20 heavy (non-hydrogen) atoms. The van der Waals surface area contributed by atoms with Crippen LogP contribution < -0.4 is 0 Å². The average Bonchev–Trinajstić information content (AvgIpc) is 2.89. The highest BCUT2D eigenvalue weighted by atomic mass is 16.3.